The van der Waals surface area contributed by atoms with Crippen LogP contribution in [0.1, 0.15) is 45.8 Å². The van der Waals surface area contributed by atoms with Crippen molar-refractivity contribution in [2.75, 3.05) is 12.3 Å². The standard InChI is InChI=1S/C25H19N7O14S/c26-23-28-15(30-47-23)14(29-46-24(21(40)41)2-1-3-24)16(35)27-10-7-44-32(19(10)38)25(22(42)43)6-11(20(39)45-25)31-17(36)8-4-12(33)13(34)5-9(8)18(31)37/h4-6,10,33-34H,1-3,7H2,(H,27,35)(H,40,41)(H,42,43)(H2,26,28,30)/b29-14-/t10-,25?/m0/s1. The number of amides is 4. The van der Waals surface area contributed by atoms with E-state index in [0.717, 1.165) is 12.1 Å². The highest BCUT2D eigenvalue weighted by molar-refractivity contribution is 7.09. The molecular weight excluding hydrogens is 654 g/mol. The molecule has 1 aromatic heterocycles. The number of hydrogen-bond acceptors (Lipinski definition) is 17. The minimum atomic E-state index is -3.08. The van der Waals surface area contributed by atoms with Crippen LogP contribution in [0.25, 0.3) is 0 Å². The number of fused-ring (bicyclic) bond motifs is 1. The molecule has 47 heavy (non-hydrogen) atoms. The summed E-state index contributed by atoms with van der Waals surface area (Å²) in [5, 5.41) is 45.0. The molecule has 0 radical (unpaired) electrons. The average molecular weight is 674 g/mol. The van der Waals surface area contributed by atoms with E-state index in [1.807, 2.05) is 0 Å². The lowest BCUT2D eigenvalue weighted by Gasteiger charge is -2.34. The molecule has 0 spiro atoms. The second-order valence-corrected chi connectivity index (χ2v) is 11.1. The molecule has 7 N–H and O–H groups in total. The Balaban J connectivity index is 1.26. The molecule has 2 aromatic rings. The highest BCUT2D eigenvalue weighted by Gasteiger charge is 2.61. The maximum Gasteiger partial charge on any atom is 0.377 e. The fraction of sp³-hybridized carbons (Fsp3) is 0.280. The van der Waals surface area contributed by atoms with Crippen molar-refractivity contribution in [3.63, 3.8) is 0 Å². The second-order valence-electron chi connectivity index (χ2n) is 10.3. The van der Waals surface area contributed by atoms with Gasteiger partial charge in [0.2, 0.25) is 17.1 Å². The number of carboxylic acid groups (broad SMARTS) is 2. The number of nitrogens with two attached hydrogens (primary N) is 1. The number of nitrogens with zero attached hydrogens (tertiary/aromatic N) is 5. The number of carbonyl (C=O) groups excluding carboxylic acids is 5. The van der Waals surface area contributed by atoms with E-state index in [-0.39, 0.29) is 33.8 Å². The Hall–Kier alpha value is -6.16. The number of phenolic OH excluding ortho intramolecular Hbond substituents is 2. The van der Waals surface area contributed by atoms with Crippen molar-refractivity contribution < 1.29 is 68.4 Å². The zero-order valence-electron chi connectivity index (χ0n) is 23.2. The van der Waals surface area contributed by atoms with E-state index in [4.69, 9.17) is 20.1 Å². The van der Waals surface area contributed by atoms with Crippen LogP contribution < -0.4 is 11.1 Å². The summed E-state index contributed by atoms with van der Waals surface area (Å²) in [6.07, 6.45) is 1.16. The number of imide groups is 1. The molecule has 1 unspecified atom stereocenters. The largest absolute Gasteiger partial charge is 0.504 e. The minimum Gasteiger partial charge on any atom is -0.504 e. The Labute approximate surface area is 263 Å². The van der Waals surface area contributed by atoms with Gasteiger partial charge in [-0.15, -0.1) is 0 Å². The first-order chi connectivity index (χ1) is 22.2. The predicted octanol–water partition coefficient (Wildman–Crippen LogP) is -1.96. The summed E-state index contributed by atoms with van der Waals surface area (Å²) < 4.78 is 8.84. The molecule has 1 aromatic carbocycles. The van der Waals surface area contributed by atoms with Gasteiger partial charge in [0.15, 0.2) is 16.6 Å². The molecule has 2 atom stereocenters. The number of hydrogen-bond donors (Lipinski definition) is 6. The topological polar surface area (TPSA) is 311 Å². The van der Waals surface area contributed by atoms with Gasteiger partial charge < -0.3 is 41.1 Å². The lowest BCUT2D eigenvalue weighted by atomic mass is 9.80. The molecule has 2 fully saturated rings. The molecule has 4 aliphatic rings. The summed E-state index contributed by atoms with van der Waals surface area (Å²) in [7, 11) is 0. The predicted molar refractivity (Wildman–Crippen MR) is 146 cm³/mol. The van der Waals surface area contributed by atoms with Gasteiger partial charge in [0, 0.05) is 30.5 Å². The lowest BCUT2D eigenvalue weighted by Crippen LogP contribution is -2.56. The summed E-state index contributed by atoms with van der Waals surface area (Å²) in [5.74, 6) is -11.6. The van der Waals surface area contributed by atoms with Crippen LogP contribution in [0, 0.1) is 0 Å². The SMILES string of the molecule is Nc1nc(/C(=N/OC2(C(=O)O)CCC2)C(=O)N[C@H]2CON(C3(C(=O)O)C=C(N4C(=O)c5cc(O)c(O)cc5C4=O)C(=O)O3)C2=O)ns1. The number of cyclic esters (lactones) is 1. The molecule has 4 heterocycles. The minimum absolute atomic E-state index is 0.0917. The van der Waals surface area contributed by atoms with E-state index in [1.165, 1.54) is 0 Å². The van der Waals surface area contributed by atoms with Crippen molar-refractivity contribution in [1.82, 2.24) is 24.6 Å². The van der Waals surface area contributed by atoms with E-state index < -0.39 is 99.5 Å². The molecule has 4 amide bonds. The van der Waals surface area contributed by atoms with Gasteiger partial charge >= 0.3 is 23.6 Å². The normalized spacial score (nSPS) is 23.3. The lowest BCUT2D eigenvalue weighted by molar-refractivity contribution is -0.246. The van der Waals surface area contributed by atoms with Crippen molar-refractivity contribution in [3.8, 4) is 11.5 Å². The molecule has 1 saturated carbocycles. The maximum atomic E-state index is 13.4. The van der Waals surface area contributed by atoms with Gasteiger partial charge in [0.25, 0.3) is 23.6 Å². The van der Waals surface area contributed by atoms with Crippen molar-refractivity contribution in [3.05, 3.63) is 40.9 Å². The Morgan fingerprint density at radius 2 is 1.70 bits per heavy atom. The van der Waals surface area contributed by atoms with Crippen LogP contribution >= 0.6 is 11.5 Å². The molecule has 22 heteroatoms. The van der Waals surface area contributed by atoms with Gasteiger partial charge in [-0.25, -0.2) is 19.3 Å². The molecule has 6 rings (SSSR count). The molecule has 21 nitrogen and oxygen atoms in total. The van der Waals surface area contributed by atoms with Crippen LogP contribution in [0.5, 0.6) is 11.5 Å². The number of carbonyl (C=O) groups is 7. The number of aliphatic carboxylic acids is 2. The molecule has 1 saturated heterocycles. The van der Waals surface area contributed by atoms with Gasteiger partial charge in [0.1, 0.15) is 18.3 Å². The van der Waals surface area contributed by atoms with Gasteiger partial charge in [-0.1, -0.05) is 5.16 Å². The van der Waals surface area contributed by atoms with Gasteiger partial charge in [0.05, 0.1) is 11.1 Å². The first kappa shape index (κ1) is 30.8. The number of anilines is 1. The zero-order valence-corrected chi connectivity index (χ0v) is 24.0. The monoisotopic (exact) mass is 673 g/mol. The molecular formula is C25H19N7O14S. The third-order valence-electron chi connectivity index (χ3n) is 7.53. The smallest absolute Gasteiger partial charge is 0.377 e. The maximum absolute atomic E-state index is 13.4. The van der Waals surface area contributed by atoms with Crippen molar-refractivity contribution in [1.29, 1.82) is 0 Å². The third kappa shape index (κ3) is 4.73. The van der Waals surface area contributed by atoms with E-state index in [2.05, 4.69) is 19.8 Å². The van der Waals surface area contributed by atoms with Crippen molar-refractivity contribution >= 4 is 63.9 Å². The Morgan fingerprint density at radius 1 is 1.06 bits per heavy atom. The number of nitrogens with one attached hydrogen (secondary N) is 1. The van der Waals surface area contributed by atoms with Gasteiger partial charge in [-0.3, -0.25) is 24.0 Å². The number of oxime groups is 1. The van der Waals surface area contributed by atoms with Crippen molar-refractivity contribution in [2.24, 2.45) is 5.16 Å². The summed E-state index contributed by atoms with van der Waals surface area (Å²) in [5.41, 5.74) is -1.64. The van der Waals surface area contributed by atoms with E-state index in [0.29, 0.717) is 24.0 Å². The second kappa shape index (κ2) is 10.7. The Morgan fingerprint density at radius 3 is 2.21 bits per heavy atom. The van der Waals surface area contributed by atoms with Gasteiger partial charge in [-0.2, -0.15) is 14.4 Å². The fourth-order valence-electron chi connectivity index (χ4n) is 4.90. The summed E-state index contributed by atoms with van der Waals surface area (Å²) >= 11 is 0.668. The number of hydroxylamine groups is 2. The van der Waals surface area contributed by atoms with Crippen LogP contribution in [-0.4, -0.2) is 111 Å². The van der Waals surface area contributed by atoms with Crippen molar-refractivity contribution in [2.45, 2.75) is 36.6 Å². The highest BCUT2D eigenvalue weighted by atomic mass is 32.1. The number of aromatic hydroxyl groups is 2. The van der Waals surface area contributed by atoms with Crippen LogP contribution in [0.2, 0.25) is 0 Å². The third-order valence-corrected chi connectivity index (χ3v) is 8.07. The average Bonchev–Trinajstić information content (AvgIpc) is 3.72. The first-order valence-corrected chi connectivity index (χ1v) is 14.0. The quantitative estimate of drug-likeness (QED) is 0.0553. The Bertz CT molecular complexity index is 1840. The van der Waals surface area contributed by atoms with E-state index in [1.54, 1.807) is 0 Å². The fourth-order valence-corrected chi connectivity index (χ4v) is 5.34. The van der Waals surface area contributed by atoms with Gasteiger partial charge in [-0.05, 0) is 18.6 Å². The molecule has 0 bridgehead atoms. The number of phenols is 2. The van der Waals surface area contributed by atoms with Crippen LogP contribution in [0.3, 0.4) is 0 Å². The zero-order chi connectivity index (χ0) is 34.0. The van der Waals surface area contributed by atoms with Crippen LogP contribution in [0.4, 0.5) is 5.13 Å². The molecule has 244 valence electrons. The number of rotatable bonds is 9. The molecule has 1 aliphatic carbocycles. The summed E-state index contributed by atoms with van der Waals surface area (Å²) in [4.78, 5) is 104. The van der Waals surface area contributed by atoms with Crippen LogP contribution in [0.15, 0.2) is 29.1 Å². The number of aromatic nitrogens is 2. The number of esters is 1. The number of benzene rings is 1. The Kier molecular flexibility index (Phi) is 7.04. The summed E-state index contributed by atoms with van der Waals surface area (Å²) in [6.45, 7) is -0.730. The summed E-state index contributed by atoms with van der Waals surface area (Å²) in [6, 6.07) is -0.136. The highest BCUT2D eigenvalue weighted by Crippen LogP contribution is 2.40. The van der Waals surface area contributed by atoms with E-state index in [9.17, 15) is 54.0 Å². The van der Waals surface area contributed by atoms with E-state index >= 15 is 0 Å². The first-order valence-electron chi connectivity index (χ1n) is 13.2. The molecule has 3 aliphatic heterocycles. The number of nitrogen functional groups attached to an aromatic ring is 1. The van der Waals surface area contributed by atoms with Crippen LogP contribution in [-0.2, 0) is 38.4 Å². The number of ether oxygens (including phenoxy) is 1. The number of carboxylic acids is 2.